The minimum absolute atomic E-state index is 0.153. The van der Waals surface area contributed by atoms with Crippen LogP contribution < -0.4 is 10.3 Å². The molecule has 0 bridgehead atoms. The van der Waals surface area contributed by atoms with Gasteiger partial charge in [0, 0.05) is 23.6 Å². The standard InChI is InChI=1S/C24H20ClN5O2/c1-3-20-16-10-13(4-7-15(16)24(31)29-28-20)18-12-27-30(2)23(18)22-17(11-26)21(9-8-19(22)25)32-14-5-6-14/h4,7-10,12,14H,3,5-6H2,1-2H3,(H,29,31). The maximum absolute atomic E-state index is 12.2. The Morgan fingerprint density at radius 1 is 1.28 bits per heavy atom. The van der Waals surface area contributed by atoms with Crippen LogP contribution in [0.4, 0.5) is 0 Å². The van der Waals surface area contributed by atoms with Crippen molar-refractivity contribution in [3.05, 3.63) is 63.2 Å². The molecule has 7 nitrogen and oxygen atoms in total. The molecule has 4 aromatic rings. The molecule has 0 unspecified atom stereocenters. The van der Waals surface area contributed by atoms with Gasteiger partial charge in [-0.25, -0.2) is 5.10 Å². The third-order valence-corrected chi connectivity index (χ3v) is 6.05. The number of ether oxygens (including phenoxy) is 1. The number of benzene rings is 2. The van der Waals surface area contributed by atoms with Gasteiger partial charge in [-0.2, -0.15) is 15.5 Å². The number of aromatic nitrogens is 4. The van der Waals surface area contributed by atoms with E-state index in [4.69, 9.17) is 16.3 Å². The number of aryl methyl sites for hydroxylation is 2. The van der Waals surface area contributed by atoms with Crippen LogP contribution in [0, 0.1) is 11.3 Å². The summed E-state index contributed by atoms with van der Waals surface area (Å²) >= 11 is 6.62. The summed E-state index contributed by atoms with van der Waals surface area (Å²) in [5, 5.41) is 23.0. The van der Waals surface area contributed by atoms with Crippen molar-refractivity contribution in [3.63, 3.8) is 0 Å². The monoisotopic (exact) mass is 445 g/mol. The number of aromatic amines is 1. The summed E-state index contributed by atoms with van der Waals surface area (Å²) in [6, 6.07) is 11.4. The maximum atomic E-state index is 12.2. The van der Waals surface area contributed by atoms with Crippen molar-refractivity contribution < 1.29 is 4.74 Å². The van der Waals surface area contributed by atoms with E-state index < -0.39 is 0 Å². The second-order valence-electron chi connectivity index (χ2n) is 7.87. The third kappa shape index (κ3) is 3.33. The van der Waals surface area contributed by atoms with Crippen LogP contribution in [0.3, 0.4) is 0 Å². The van der Waals surface area contributed by atoms with Gasteiger partial charge in [0.2, 0.25) is 0 Å². The Morgan fingerprint density at radius 3 is 2.81 bits per heavy atom. The molecule has 2 aromatic carbocycles. The van der Waals surface area contributed by atoms with Crippen LogP contribution in [0.25, 0.3) is 33.2 Å². The molecular weight excluding hydrogens is 426 g/mol. The minimum Gasteiger partial charge on any atom is -0.489 e. The summed E-state index contributed by atoms with van der Waals surface area (Å²) < 4.78 is 7.68. The summed E-state index contributed by atoms with van der Waals surface area (Å²) in [5.41, 5.74) is 3.93. The molecule has 2 aromatic heterocycles. The van der Waals surface area contributed by atoms with E-state index in [1.807, 2.05) is 26.1 Å². The lowest BCUT2D eigenvalue weighted by Crippen LogP contribution is -2.10. The van der Waals surface area contributed by atoms with Gasteiger partial charge in [-0.1, -0.05) is 24.6 Å². The van der Waals surface area contributed by atoms with Gasteiger partial charge in [0.05, 0.1) is 34.1 Å². The molecule has 0 radical (unpaired) electrons. The molecule has 0 amide bonds. The van der Waals surface area contributed by atoms with Crippen molar-refractivity contribution >= 4 is 22.4 Å². The molecule has 0 atom stereocenters. The molecule has 1 aliphatic rings. The van der Waals surface area contributed by atoms with Gasteiger partial charge in [0.15, 0.2) is 0 Å². The molecule has 0 aliphatic heterocycles. The number of fused-ring (bicyclic) bond motifs is 1. The fraction of sp³-hybridized carbons (Fsp3) is 0.250. The molecule has 0 saturated heterocycles. The number of nitriles is 1. The highest BCUT2D eigenvalue weighted by Gasteiger charge is 2.27. The number of nitrogens with one attached hydrogen (secondary N) is 1. The Labute approximate surface area is 189 Å². The molecule has 5 rings (SSSR count). The van der Waals surface area contributed by atoms with E-state index in [1.54, 1.807) is 29.1 Å². The Kier molecular flexibility index (Phi) is 4.95. The van der Waals surface area contributed by atoms with E-state index in [0.29, 0.717) is 39.4 Å². The molecule has 1 fully saturated rings. The van der Waals surface area contributed by atoms with Crippen molar-refractivity contribution in [1.82, 2.24) is 20.0 Å². The summed E-state index contributed by atoms with van der Waals surface area (Å²) in [6.07, 6.45) is 4.56. The first-order valence-electron chi connectivity index (χ1n) is 10.4. The molecule has 8 heteroatoms. The van der Waals surface area contributed by atoms with Crippen molar-refractivity contribution in [2.45, 2.75) is 32.3 Å². The minimum atomic E-state index is -0.227. The van der Waals surface area contributed by atoms with Crippen LogP contribution in [0.15, 0.2) is 41.3 Å². The first-order valence-corrected chi connectivity index (χ1v) is 10.8. The van der Waals surface area contributed by atoms with E-state index in [0.717, 1.165) is 35.0 Å². The highest BCUT2D eigenvalue weighted by molar-refractivity contribution is 6.34. The maximum Gasteiger partial charge on any atom is 0.272 e. The quantitative estimate of drug-likeness (QED) is 0.483. The van der Waals surface area contributed by atoms with E-state index in [9.17, 15) is 10.1 Å². The van der Waals surface area contributed by atoms with Crippen LogP contribution in [0.5, 0.6) is 5.75 Å². The van der Waals surface area contributed by atoms with E-state index in [2.05, 4.69) is 21.4 Å². The highest BCUT2D eigenvalue weighted by atomic mass is 35.5. The zero-order chi connectivity index (χ0) is 22.4. The second-order valence-corrected chi connectivity index (χ2v) is 8.28. The van der Waals surface area contributed by atoms with E-state index >= 15 is 0 Å². The van der Waals surface area contributed by atoms with Gasteiger partial charge in [0.25, 0.3) is 5.56 Å². The van der Waals surface area contributed by atoms with Gasteiger partial charge in [0.1, 0.15) is 17.4 Å². The van der Waals surface area contributed by atoms with Gasteiger partial charge >= 0.3 is 0 Å². The smallest absolute Gasteiger partial charge is 0.272 e. The van der Waals surface area contributed by atoms with Crippen LogP contribution in [-0.4, -0.2) is 26.1 Å². The van der Waals surface area contributed by atoms with E-state index in [-0.39, 0.29) is 11.7 Å². The zero-order valence-corrected chi connectivity index (χ0v) is 18.4. The summed E-state index contributed by atoms with van der Waals surface area (Å²) in [7, 11) is 1.82. The van der Waals surface area contributed by atoms with Crippen LogP contribution in [-0.2, 0) is 13.5 Å². The van der Waals surface area contributed by atoms with Crippen molar-refractivity contribution in [2.75, 3.05) is 0 Å². The topological polar surface area (TPSA) is 96.6 Å². The van der Waals surface area contributed by atoms with Crippen molar-refractivity contribution in [1.29, 1.82) is 5.26 Å². The third-order valence-electron chi connectivity index (χ3n) is 5.74. The SMILES string of the molecule is CCc1n[nH]c(=O)c2ccc(-c3cnn(C)c3-c3c(Cl)ccc(OC4CC4)c3C#N)cc12. The predicted octanol–water partition coefficient (Wildman–Crippen LogP) is 4.62. The van der Waals surface area contributed by atoms with Gasteiger partial charge in [-0.3, -0.25) is 9.48 Å². The molecule has 0 spiro atoms. The average Bonchev–Trinajstić information content (AvgIpc) is 3.54. The number of H-pyrrole nitrogens is 1. The van der Waals surface area contributed by atoms with Gasteiger partial charge in [-0.05, 0) is 49.1 Å². The van der Waals surface area contributed by atoms with Crippen LogP contribution in [0.1, 0.15) is 31.0 Å². The number of hydrogen-bond acceptors (Lipinski definition) is 5. The first-order chi connectivity index (χ1) is 15.5. The lowest BCUT2D eigenvalue weighted by molar-refractivity contribution is 0.302. The molecule has 32 heavy (non-hydrogen) atoms. The Bertz CT molecular complexity index is 1460. The number of nitrogens with zero attached hydrogens (tertiary/aromatic N) is 4. The predicted molar refractivity (Wildman–Crippen MR) is 123 cm³/mol. The number of hydrogen-bond donors (Lipinski definition) is 1. The molecule has 1 aliphatic carbocycles. The largest absolute Gasteiger partial charge is 0.489 e. The van der Waals surface area contributed by atoms with Gasteiger partial charge in [-0.15, -0.1) is 0 Å². The Balaban J connectivity index is 1.74. The summed E-state index contributed by atoms with van der Waals surface area (Å²) in [6.45, 7) is 1.99. The second kappa shape index (κ2) is 7.81. The fourth-order valence-electron chi connectivity index (χ4n) is 3.97. The Hall–Kier alpha value is -3.63. The van der Waals surface area contributed by atoms with E-state index in [1.165, 1.54) is 0 Å². The Morgan fingerprint density at radius 2 is 2.09 bits per heavy atom. The lowest BCUT2D eigenvalue weighted by Gasteiger charge is -2.15. The van der Waals surface area contributed by atoms with Crippen molar-refractivity contribution in [3.8, 4) is 34.2 Å². The zero-order valence-electron chi connectivity index (χ0n) is 17.6. The van der Waals surface area contributed by atoms with Gasteiger partial charge < -0.3 is 4.74 Å². The fourth-order valence-corrected chi connectivity index (χ4v) is 4.21. The van der Waals surface area contributed by atoms with Crippen molar-refractivity contribution in [2.24, 2.45) is 7.05 Å². The molecule has 1 N–H and O–H groups in total. The molecule has 2 heterocycles. The number of rotatable bonds is 5. The normalized spacial score (nSPS) is 13.3. The number of halogens is 1. The van der Waals surface area contributed by atoms with Crippen LogP contribution in [0.2, 0.25) is 5.02 Å². The summed E-state index contributed by atoms with van der Waals surface area (Å²) in [5.74, 6) is 0.532. The molecule has 1 saturated carbocycles. The van der Waals surface area contributed by atoms with Crippen LogP contribution >= 0.6 is 11.6 Å². The lowest BCUT2D eigenvalue weighted by atomic mass is 9.96. The average molecular weight is 446 g/mol. The summed E-state index contributed by atoms with van der Waals surface area (Å²) in [4.78, 5) is 12.2. The highest BCUT2D eigenvalue weighted by Crippen LogP contribution is 2.42. The molecule has 160 valence electrons. The first kappa shape index (κ1) is 20.3. The molecular formula is C24H20ClN5O2.